The zero-order valence-corrected chi connectivity index (χ0v) is 14.3. The van der Waals surface area contributed by atoms with Crippen LogP contribution in [0, 0.1) is 0 Å². The van der Waals surface area contributed by atoms with Crippen LogP contribution in [-0.2, 0) is 0 Å². The molecule has 1 aromatic heterocycles. The standard InChI is InChI=1S/C22H16N2S/c23-18-12-16-8-7-15-10-13-4-1-2-5-14(13)11-17(15)20(16)21(22(18)24)19-6-3-9-25-19/h1-12H,23-24H2. The first-order valence-corrected chi connectivity index (χ1v) is 9.07. The number of anilines is 2. The van der Waals surface area contributed by atoms with E-state index in [-0.39, 0.29) is 0 Å². The zero-order valence-electron chi connectivity index (χ0n) is 13.5. The van der Waals surface area contributed by atoms with Crippen LogP contribution in [0.4, 0.5) is 11.4 Å². The highest BCUT2D eigenvalue weighted by atomic mass is 32.1. The lowest BCUT2D eigenvalue weighted by molar-refractivity contribution is 1.71. The molecule has 0 aliphatic rings. The molecule has 0 saturated heterocycles. The Kier molecular flexibility index (Phi) is 2.99. The molecule has 0 bridgehead atoms. The van der Waals surface area contributed by atoms with Crippen LogP contribution in [-0.4, -0.2) is 0 Å². The fraction of sp³-hybridized carbons (Fsp3) is 0. The third-order valence-corrected chi connectivity index (χ3v) is 5.71. The van der Waals surface area contributed by atoms with Crippen LogP contribution in [0.2, 0.25) is 0 Å². The lowest BCUT2D eigenvalue weighted by atomic mass is 9.93. The maximum absolute atomic E-state index is 6.43. The molecule has 0 fully saturated rings. The Morgan fingerprint density at radius 3 is 2.20 bits per heavy atom. The molecule has 25 heavy (non-hydrogen) atoms. The lowest BCUT2D eigenvalue weighted by Crippen LogP contribution is -1.98. The monoisotopic (exact) mass is 340 g/mol. The van der Waals surface area contributed by atoms with E-state index in [0.29, 0.717) is 11.4 Å². The molecule has 0 amide bonds. The molecule has 1 heterocycles. The highest BCUT2D eigenvalue weighted by Crippen LogP contribution is 2.43. The molecule has 4 N–H and O–H groups in total. The fourth-order valence-electron chi connectivity index (χ4n) is 3.63. The van der Waals surface area contributed by atoms with Gasteiger partial charge in [0.1, 0.15) is 0 Å². The van der Waals surface area contributed by atoms with Gasteiger partial charge in [-0.25, -0.2) is 0 Å². The summed E-state index contributed by atoms with van der Waals surface area (Å²) in [7, 11) is 0. The first kappa shape index (κ1) is 14.3. The molecule has 0 spiro atoms. The van der Waals surface area contributed by atoms with Crippen molar-refractivity contribution in [3.8, 4) is 10.4 Å². The van der Waals surface area contributed by atoms with E-state index in [2.05, 4.69) is 66.0 Å². The van der Waals surface area contributed by atoms with E-state index < -0.39 is 0 Å². The number of nitrogens with two attached hydrogens (primary N) is 2. The van der Waals surface area contributed by atoms with Gasteiger partial charge < -0.3 is 11.5 Å². The summed E-state index contributed by atoms with van der Waals surface area (Å²) in [5.41, 5.74) is 15.0. The Morgan fingerprint density at radius 2 is 1.44 bits per heavy atom. The molecule has 120 valence electrons. The van der Waals surface area contributed by atoms with Crippen molar-refractivity contribution in [3.05, 3.63) is 72.1 Å². The van der Waals surface area contributed by atoms with Crippen molar-refractivity contribution in [1.82, 2.24) is 0 Å². The smallest absolute Gasteiger partial charge is 0.0642 e. The summed E-state index contributed by atoms with van der Waals surface area (Å²) in [6.07, 6.45) is 0. The number of thiophene rings is 1. The highest BCUT2D eigenvalue weighted by Gasteiger charge is 2.15. The number of fused-ring (bicyclic) bond motifs is 4. The molecule has 0 radical (unpaired) electrons. The Hall–Kier alpha value is -3.04. The van der Waals surface area contributed by atoms with Gasteiger partial charge in [-0.3, -0.25) is 0 Å². The van der Waals surface area contributed by atoms with Crippen LogP contribution in [0.3, 0.4) is 0 Å². The fourth-order valence-corrected chi connectivity index (χ4v) is 4.42. The second-order valence-electron chi connectivity index (χ2n) is 6.32. The van der Waals surface area contributed by atoms with Crippen molar-refractivity contribution in [2.45, 2.75) is 0 Å². The molecule has 0 unspecified atom stereocenters. The molecular weight excluding hydrogens is 324 g/mol. The molecule has 2 nitrogen and oxygen atoms in total. The van der Waals surface area contributed by atoms with Crippen molar-refractivity contribution in [2.24, 2.45) is 0 Å². The lowest BCUT2D eigenvalue weighted by Gasteiger charge is -2.14. The van der Waals surface area contributed by atoms with E-state index >= 15 is 0 Å². The Labute approximate surface area is 149 Å². The van der Waals surface area contributed by atoms with Gasteiger partial charge in [0, 0.05) is 15.8 Å². The van der Waals surface area contributed by atoms with Gasteiger partial charge in [0.05, 0.1) is 11.4 Å². The number of hydrogen-bond acceptors (Lipinski definition) is 3. The molecule has 0 aliphatic heterocycles. The molecular formula is C22H16N2S. The summed E-state index contributed by atoms with van der Waals surface area (Å²) in [6, 6.07) is 23.4. The molecule has 4 aromatic carbocycles. The topological polar surface area (TPSA) is 52.0 Å². The van der Waals surface area contributed by atoms with Gasteiger partial charge in [0.15, 0.2) is 0 Å². The van der Waals surface area contributed by atoms with Gasteiger partial charge in [-0.15, -0.1) is 11.3 Å². The van der Waals surface area contributed by atoms with E-state index in [9.17, 15) is 0 Å². The minimum Gasteiger partial charge on any atom is -0.397 e. The number of rotatable bonds is 1. The summed E-state index contributed by atoms with van der Waals surface area (Å²) < 4.78 is 0. The summed E-state index contributed by atoms with van der Waals surface area (Å²) in [5.74, 6) is 0. The van der Waals surface area contributed by atoms with Gasteiger partial charge >= 0.3 is 0 Å². The maximum atomic E-state index is 6.43. The average Bonchev–Trinajstić information content (AvgIpc) is 3.15. The molecule has 3 heteroatoms. The molecule has 0 saturated carbocycles. The van der Waals surface area contributed by atoms with Gasteiger partial charge in [-0.2, -0.15) is 0 Å². The molecule has 5 rings (SSSR count). The normalized spacial score (nSPS) is 11.5. The van der Waals surface area contributed by atoms with E-state index in [4.69, 9.17) is 11.5 Å². The SMILES string of the molecule is Nc1cc2ccc3cc4ccccc4cc3c2c(-c2cccs2)c1N. The summed E-state index contributed by atoms with van der Waals surface area (Å²) in [5, 5.41) is 9.28. The first-order valence-electron chi connectivity index (χ1n) is 8.19. The minimum absolute atomic E-state index is 0.635. The third kappa shape index (κ3) is 2.10. The van der Waals surface area contributed by atoms with E-state index in [1.165, 1.54) is 26.9 Å². The average molecular weight is 340 g/mol. The van der Waals surface area contributed by atoms with Crippen LogP contribution in [0.1, 0.15) is 0 Å². The zero-order chi connectivity index (χ0) is 17.0. The van der Waals surface area contributed by atoms with Crippen LogP contribution in [0.25, 0.3) is 42.8 Å². The van der Waals surface area contributed by atoms with Crippen molar-refractivity contribution in [1.29, 1.82) is 0 Å². The van der Waals surface area contributed by atoms with Gasteiger partial charge in [-0.1, -0.05) is 42.5 Å². The second kappa shape index (κ2) is 5.23. The van der Waals surface area contributed by atoms with Gasteiger partial charge in [0.2, 0.25) is 0 Å². The predicted octanol–water partition coefficient (Wildman–Crippen LogP) is 6.04. The van der Waals surface area contributed by atoms with E-state index in [0.717, 1.165) is 15.8 Å². The summed E-state index contributed by atoms with van der Waals surface area (Å²) in [4.78, 5) is 1.15. The molecule has 5 aromatic rings. The van der Waals surface area contributed by atoms with Crippen LogP contribution in [0.15, 0.2) is 72.1 Å². The van der Waals surface area contributed by atoms with Gasteiger partial charge in [0.25, 0.3) is 0 Å². The Morgan fingerprint density at radius 1 is 0.680 bits per heavy atom. The largest absolute Gasteiger partial charge is 0.397 e. The van der Waals surface area contributed by atoms with Crippen molar-refractivity contribution >= 4 is 55.0 Å². The quantitative estimate of drug-likeness (QED) is 0.222. The van der Waals surface area contributed by atoms with Crippen LogP contribution in [0.5, 0.6) is 0 Å². The van der Waals surface area contributed by atoms with Crippen molar-refractivity contribution < 1.29 is 0 Å². The molecule has 0 aliphatic carbocycles. The Bertz CT molecular complexity index is 1250. The highest BCUT2D eigenvalue weighted by molar-refractivity contribution is 7.13. The van der Waals surface area contributed by atoms with Gasteiger partial charge in [-0.05, 0) is 56.6 Å². The predicted molar refractivity (Wildman–Crippen MR) is 111 cm³/mol. The summed E-state index contributed by atoms with van der Waals surface area (Å²) in [6.45, 7) is 0. The van der Waals surface area contributed by atoms with Crippen LogP contribution < -0.4 is 11.5 Å². The number of benzene rings is 4. The number of hydrogen-bond donors (Lipinski definition) is 2. The second-order valence-corrected chi connectivity index (χ2v) is 7.26. The van der Waals surface area contributed by atoms with E-state index in [1.807, 2.05) is 6.07 Å². The minimum atomic E-state index is 0.635. The van der Waals surface area contributed by atoms with Crippen molar-refractivity contribution in [3.63, 3.8) is 0 Å². The van der Waals surface area contributed by atoms with Crippen molar-refractivity contribution in [2.75, 3.05) is 11.5 Å². The van der Waals surface area contributed by atoms with E-state index in [1.54, 1.807) is 11.3 Å². The first-order chi connectivity index (χ1) is 12.2. The molecule has 0 atom stereocenters. The summed E-state index contributed by atoms with van der Waals surface area (Å²) >= 11 is 1.69. The third-order valence-electron chi connectivity index (χ3n) is 4.83. The maximum Gasteiger partial charge on any atom is 0.0642 e. The Balaban J connectivity index is 2.04. The number of nitrogen functional groups attached to an aromatic ring is 2. The van der Waals surface area contributed by atoms with Crippen LogP contribution >= 0.6 is 11.3 Å².